The molecule has 104 valence electrons. The van der Waals surface area contributed by atoms with Crippen LogP contribution in [0.25, 0.3) is 11.2 Å². The number of aliphatic hydroxyl groups is 1. The normalized spacial score (nSPS) is 13.1. The van der Waals surface area contributed by atoms with E-state index in [4.69, 9.17) is 11.6 Å². The Morgan fingerprint density at radius 3 is 2.53 bits per heavy atom. The number of aromatic nitrogens is 4. The first kappa shape index (κ1) is 13.8. The number of imidazole rings is 1. The maximum absolute atomic E-state index is 12.1. The summed E-state index contributed by atoms with van der Waals surface area (Å²) in [5.74, 6) is 0. The van der Waals surface area contributed by atoms with Gasteiger partial charge in [0.25, 0.3) is 5.56 Å². The lowest BCUT2D eigenvalue weighted by atomic mass is 10.3. The summed E-state index contributed by atoms with van der Waals surface area (Å²) in [4.78, 5) is 28.0. The number of nitrogens with zero attached hydrogens (tertiary/aromatic N) is 4. The Balaban J connectivity index is 2.76. The van der Waals surface area contributed by atoms with E-state index in [0.717, 1.165) is 4.57 Å². The number of hydrogen-bond donors (Lipinski definition) is 1. The van der Waals surface area contributed by atoms with Gasteiger partial charge in [-0.05, 0) is 24.9 Å². The molecule has 2 rings (SSSR count). The summed E-state index contributed by atoms with van der Waals surface area (Å²) in [5.41, 5.74) is -0.364. The molecule has 0 unspecified atom stereocenters. The maximum Gasteiger partial charge on any atom is 0.332 e. The Morgan fingerprint density at radius 2 is 1.95 bits per heavy atom. The monoisotopic (exact) mass is 286 g/mol. The van der Waals surface area contributed by atoms with Gasteiger partial charge in [-0.3, -0.25) is 13.9 Å². The quantitative estimate of drug-likeness (QED) is 0.796. The third kappa shape index (κ3) is 2.19. The average molecular weight is 287 g/mol. The van der Waals surface area contributed by atoms with Crippen molar-refractivity contribution in [3.8, 4) is 0 Å². The molecule has 0 saturated carbocycles. The first-order valence-corrected chi connectivity index (χ1v) is 6.22. The average Bonchev–Trinajstić information content (AvgIpc) is 2.68. The van der Waals surface area contributed by atoms with Crippen LogP contribution in [0.5, 0.6) is 0 Å². The summed E-state index contributed by atoms with van der Waals surface area (Å²) < 4.78 is 3.81. The summed E-state index contributed by atoms with van der Waals surface area (Å²) in [7, 11) is 2.94. The van der Waals surface area contributed by atoms with E-state index in [9.17, 15) is 14.7 Å². The highest BCUT2D eigenvalue weighted by atomic mass is 35.5. The van der Waals surface area contributed by atoms with Crippen LogP contribution in [0.15, 0.2) is 9.59 Å². The molecular formula is C11H15ClN4O3. The fraction of sp³-hybridized carbons (Fsp3) is 0.545. The second kappa shape index (κ2) is 4.82. The van der Waals surface area contributed by atoms with Crippen LogP contribution < -0.4 is 11.2 Å². The number of fused-ring (bicyclic) bond motifs is 1. The fourth-order valence-electron chi connectivity index (χ4n) is 1.94. The molecule has 1 N–H and O–H groups in total. The van der Waals surface area contributed by atoms with Crippen LogP contribution in [0.4, 0.5) is 0 Å². The molecule has 19 heavy (non-hydrogen) atoms. The fourth-order valence-corrected chi connectivity index (χ4v) is 2.19. The number of aryl methyl sites for hydroxylation is 2. The molecule has 0 amide bonds. The van der Waals surface area contributed by atoms with Gasteiger partial charge in [0.05, 0.1) is 6.10 Å². The topological polar surface area (TPSA) is 82.1 Å². The van der Waals surface area contributed by atoms with Crippen molar-refractivity contribution in [3.63, 3.8) is 0 Å². The zero-order valence-corrected chi connectivity index (χ0v) is 11.7. The van der Waals surface area contributed by atoms with Crippen LogP contribution in [0.3, 0.4) is 0 Å². The lowest BCUT2D eigenvalue weighted by Crippen LogP contribution is -2.37. The van der Waals surface area contributed by atoms with Crippen LogP contribution in [0.2, 0.25) is 5.28 Å². The zero-order chi connectivity index (χ0) is 14.3. The molecule has 0 aromatic carbocycles. The number of halogens is 1. The first-order chi connectivity index (χ1) is 8.84. The highest BCUT2D eigenvalue weighted by molar-refractivity contribution is 6.29. The highest BCUT2D eigenvalue weighted by Gasteiger charge is 2.17. The van der Waals surface area contributed by atoms with Crippen molar-refractivity contribution in [1.82, 2.24) is 18.7 Å². The zero-order valence-electron chi connectivity index (χ0n) is 10.9. The second-order valence-corrected chi connectivity index (χ2v) is 4.89. The lowest BCUT2D eigenvalue weighted by Gasteiger charge is -2.08. The van der Waals surface area contributed by atoms with Gasteiger partial charge < -0.3 is 9.67 Å². The third-order valence-corrected chi connectivity index (χ3v) is 3.36. The van der Waals surface area contributed by atoms with Crippen molar-refractivity contribution in [1.29, 1.82) is 0 Å². The summed E-state index contributed by atoms with van der Waals surface area (Å²) in [6.07, 6.45) is -0.0677. The van der Waals surface area contributed by atoms with Crippen molar-refractivity contribution in [2.75, 3.05) is 0 Å². The predicted octanol–water partition coefficient (Wildman–Crippen LogP) is -0.142. The molecule has 0 fully saturated rings. The molecule has 0 aliphatic heterocycles. The molecule has 2 heterocycles. The summed E-state index contributed by atoms with van der Waals surface area (Å²) in [5, 5.41) is 9.45. The van der Waals surface area contributed by atoms with Crippen molar-refractivity contribution >= 4 is 22.8 Å². The van der Waals surface area contributed by atoms with Crippen LogP contribution >= 0.6 is 11.6 Å². The molecule has 1 atom stereocenters. The van der Waals surface area contributed by atoms with Gasteiger partial charge in [-0.25, -0.2) is 4.79 Å². The van der Waals surface area contributed by atoms with E-state index in [2.05, 4.69) is 4.98 Å². The van der Waals surface area contributed by atoms with E-state index < -0.39 is 17.4 Å². The molecular weight excluding hydrogens is 272 g/mol. The Kier molecular flexibility index (Phi) is 3.51. The van der Waals surface area contributed by atoms with Crippen molar-refractivity contribution in [2.45, 2.75) is 26.0 Å². The van der Waals surface area contributed by atoms with Gasteiger partial charge >= 0.3 is 5.69 Å². The molecule has 0 radical (unpaired) electrons. The van der Waals surface area contributed by atoms with Gasteiger partial charge in [-0.2, -0.15) is 4.98 Å². The van der Waals surface area contributed by atoms with Crippen molar-refractivity contribution in [2.24, 2.45) is 14.1 Å². The highest BCUT2D eigenvalue weighted by Crippen LogP contribution is 2.16. The molecule has 0 spiro atoms. The number of hydrogen-bond acceptors (Lipinski definition) is 4. The van der Waals surface area contributed by atoms with Gasteiger partial charge in [0.15, 0.2) is 11.2 Å². The van der Waals surface area contributed by atoms with E-state index in [1.54, 1.807) is 6.92 Å². The van der Waals surface area contributed by atoms with Crippen LogP contribution in [0, 0.1) is 0 Å². The van der Waals surface area contributed by atoms with Gasteiger partial charge in [0.2, 0.25) is 5.28 Å². The largest absolute Gasteiger partial charge is 0.393 e. The van der Waals surface area contributed by atoms with E-state index in [1.807, 2.05) is 0 Å². The van der Waals surface area contributed by atoms with Crippen LogP contribution in [-0.4, -0.2) is 29.9 Å². The molecule has 0 saturated heterocycles. The molecule has 0 aliphatic carbocycles. The van der Waals surface area contributed by atoms with Gasteiger partial charge in [0.1, 0.15) is 0 Å². The second-order valence-electron chi connectivity index (χ2n) is 4.55. The molecule has 2 aromatic heterocycles. The summed E-state index contributed by atoms with van der Waals surface area (Å²) in [6.45, 7) is 2.02. The van der Waals surface area contributed by atoms with Crippen LogP contribution in [0.1, 0.15) is 13.3 Å². The lowest BCUT2D eigenvalue weighted by molar-refractivity contribution is 0.178. The van der Waals surface area contributed by atoms with Crippen molar-refractivity contribution in [3.05, 3.63) is 26.1 Å². The van der Waals surface area contributed by atoms with Crippen LogP contribution in [-0.2, 0) is 20.6 Å². The SMILES string of the molecule is C[C@@H](O)CCn1c(Cl)nc2c1c(=O)n(C)c(=O)n2C. The van der Waals surface area contributed by atoms with Gasteiger partial charge in [0, 0.05) is 20.6 Å². The predicted molar refractivity (Wildman–Crippen MR) is 71.5 cm³/mol. The Morgan fingerprint density at radius 1 is 1.32 bits per heavy atom. The molecule has 0 aliphatic rings. The Labute approximate surface area is 113 Å². The van der Waals surface area contributed by atoms with Crippen molar-refractivity contribution < 1.29 is 5.11 Å². The molecule has 0 bridgehead atoms. The standard InChI is InChI=1S/C11H15ClN4O3/c1-6(17)4-5-16-7-8(13-10(16)12)14(2)11(19)15(3)9(7)18/h6,17H,4-5H2,1-3H3/t6-/m1/s1. The summed E-state index contributed by atoms with van der Waals surface area (Å²) >= 11 is 6.01. The minimum atomic E-state index is -0.509. The minimum absolute atomic E-state index is 0.133. The first-order valence-electron chi connectivity index (χ1n) is 5.84. The Hall–Kier alpha value is -1.60. The minimum Gasteiger partial charge on any atom is -0.393 e. The van der Waals surface area contributed by atoms with Gasteiger partial charge in [-0.15, -0.1) is 0 Å². The van der Waals surface area contributed by atoms with E-state index in [0.29, 0.717) is 13.0 Å². The third-order valence-electron chi connectivity index (χ3n) is 3.07. The smallest absolute Gasteiger partial charge is 0.332 e. The number of aliphatic hydroxyl groups excluding tert-OH is 1. The Bertz CT molecular complexity index is 741. The summed E-state index contributed by atoms with van der Waals surface area (Å²) in [6, 6.07) is 0. The molecule has 7 nitrogen and oxygen atoms in total. The van der Waals surface area contributed by atoms with Gasteiger partial charge in [-0.1, -0.05) is 0 Å². The molecule has 2 aromatic rings. The molecule has 8 heteroatoms. The van der Waals surface area contributed by atoms with E-state index in [1.165, 1.54) is 23.2 Å². The van der Waals surface area contributed by atoms with E-state index in [-0.39, 0.29) is 16.4 Å². The van der Waals surface area contributed by atoms with E-state index >= 15 is 0 Å². The maximum atomic E-state index is 12.1. The number of rotatable bonds is 3.